The fourth-order valence-electron chi connectivity index (χ4n) is 1.15. The highest BCUT2D eigenvalue weighted by molar-refractivity contribution is 6.04. The van der Waals surface area contributed by atoms with Crippen LogP contribution in [0.3, 0.4) is 0 Å². The zero-order valence-electron chi connectivity index (χ0n) is 9.67. The molecule has 0 fully saturated rings. The fraction of sp³-hybridized carbons (Fsp3) is 0.0909. The van der Waals surface area contributed by atoms with Gasteiger partial charge in [-0.1, -0.05) is 0 Å². The summed E-state index contributed by atoms with van der Waals surface area (Å²) in [6.45, 7) is 0. The average molecular weight is 281 g/mol. The van der Waals surface area contributed by atoms with Crippen LogP contribution in [0.4, 0.5) is 23.7 Å². The highest BCUT2D eigenvalue weighted by Crippen LogP contribution is 2.19. The van der Waals surface area contributed by atoms with Crippen molar-refractivity contribution in [2.24, 2.45) is 0 Å². The molecule has 102 valence electrons. The number of hydrogen-bond acceptors (Lipinski definition) is 4. The molecule has 1 aromatic carbocycles. The zero-order chi connectivity index (χ0) is 15.3. The lowest BCUT2D eigenvalue weighted by molar-refractivity contribution is 0.252. The van der Waals surface area contributed by atoms with Gasteiger partial charge in [0.05, 0.1) is 11.8 Å². The number of nitriles is 2. The molecule has 6 nitrogen and oxygen atoms in total. The predicted octanol–water partition coefficient (Wildman–Crippen LogP) is 1.66. The minimum Gasteiger partial charge on any atom is -0.316 e. The monoisotopic (exact) mass is 281 g/mol. The lowest BCUT2D eigenvalue weighted by Crippen LogP contribution is -2.41. The SMILES string of the molecule is N#CC(=N)C(C#N)NC(=O)Nc1ccc(F)c(F)c1F. The number of carbonyl (C=O) groups is 1. The standard InChI is InChI=1S/C11H6F3N5O/c12-5-1-2-7(10(14)9(5)13)18-11(20)19-8(4-16)6(17)3-15/h1-2,8,17H,(H2,18,19,20). The summed E-state index contributed by atoms with van der Waals surface area (Å²) in [5.41, 5.74) is -1.38. The van der Waals surface area contributed by atoms with Gasteiger partial charge in [-0.05, 0) is 12.1 Å². The number of halogens is 3. The molecule has 9 heteroatoms. The second-order valence-corrected chi connectivity index (χ2v) is 3.41. The third kappa shape index (κ3) is 3.23. The molecule has 0 saturated heterocycles. The Morgan fingerprint density at radius 2 is 1.90 bits per heavy atom. The summed E-state index contributed by atoms with van der Waals surface area (Å²) in [5, 5.41) is 27.8. The first-order valence-corrected chi connectivity index (χ1v) is 4.99. The largest absolute Gasteiger partial charge is 0.320 e. The van der Waals surface area contributed by atoms with Crippen LogP contribution in [0.5, 0.6) is 0 Å². The van der Waals surface area contributed by atoms with Gasteiger partial charge in [0.2, 0.25) is 0 Å². The Kier molecular flexibility index (Phi) is 4.65. The van der Waals surface area contributed by atoms with Crippen LogP contribution in [0.2, 0.25) is 0 Å². The number of urea groups is 1. The summed E-state index contributed by atoms with van der Waals surface area (Å²) in [6.07, 6.45) is 0. The van der Waals surface area contributed by atoms with Gasteiger partial charge in [-0.2, -0.15) is 10.5 Å². The third-order valence-corrected chi connectivity index (χ3v) is 2.10. The molecule has 0 aromatic heterocycles. The molecule has 1 rings (SSSR count). The number of nitrogens with one attached hydrogen (secondary N) is 3. The van der Waals surface area contributed by atoms with Crippen molar-refractivity contribution in [2.75, 3.05) is 5.32 Å². The highest BCUT2D eigenvalue weighted by Gasteiger charge is 2.19. The summed E-state index contributed by atoms with van der Waals surface area (Å²) in [4.78, 5) is 11.4. The number of carbonyl (C=O) groups excluding carboxylic acids is 1. The summed E-state index contributed by atoms with van der Waals surface area (Å²) >= 11 is 0. The van der Waals surface area contributed by atoms with Gasteiger partial charge in [0.25, 0.3) is 0 Å². The van der Waals surface area contributed by atoms with E-state index in [4.69, 9.17) is 15.9 Å². The van der Waals surface area contributed by atoms with Crippen LogP contribution in [0.15, 0.2) is 12.1 Å². The Morgan fingerprint density at radius 3 is 2.45 bits per heavy atom. The van der Waals surface area contributed by atoms with Gasteiger partial charge in [0.15, 0.2) is 23.5 Å². The van der Waals surface area contributed by atoms with E-state index in [2.05, 4.69) is 0 Å². The van der Waals surface area contributed by atoms with E-state index in [1.165, 1.54) is 12.1 Å². The number of rotatable bonds is 3. The van der Waals surface area contributed by atoms with E-state index < -0.39 is 40.9 Å². The van der Waals surface area contributed by atoms with Crippen molar-refractivity contribution in [3.63, 3.8) is 0 Å². The van der Waals surface area contributed by atoms with E-state index in [1.54, 1.807) is 0 Å². The molecule has 0 radical (unpaired) electrons. The van der Waals surface area contributed by atoms with Gasteiger partial charge in [0, 0.05) is 0 Å². The Bertz CT molecular complexity index is 647. The van der Waals surface area contributed by atoms with Crippen molar-refractivity contribution in [1.29, 1.82) is 15.9 Å². The van der Waals surface area contributed by atoms with E-state index >= 15 is 0 Å². The summed E-state index contributed by atoms with van der Waals surface area (Å²) < 4.78 is 38.8. The lowest BCUT2D eigenvalue weighted by atomic mass is 10.2. The average Bonchev–Trinajstić information content (AvgIpc) is 2.44. The van der Waals surface area contributed by atoms with Crippen LogP contribution in [0.25, 0.3) is 0 Å². The van der Waals surface area contributed by atoms with Gasteiger partial charge in [-0.15, -0.1) is 0 Å². The Balaban J connectivity index is 2.83. The number of benzene rings is 1. The topological polar surface area (TPSA) is 113 Å². The minimum atomic E-state index is -1.76. The molecule has 0 saturated carbocycles. The fourth-order valence-corrected chi connectivity index (χ4v) is 1.15. The van der Waals surface area contributed by atoms with Gasteiger partial charge < -0.3 is 10.6 Å². The quantitative estimate of drug-likeness (QED) is 0.578. The maximum atomic E-state index is 13.2. The molecule has 0 aliphatic carbocycles. The van der Waals surface area contributed by atoms with Crippen LogP contribution in [-0.2, 0) is 0 Å². The third-order valence-electron chi connectivity index (χ3n) is 2.10. The molecule has 0 heterocycles. The number of amides is 2. The second-order valence-electron chi connectivity index (χ2n) is 3.41. The molecule has 0 aliphatic rings. The van der Waals surface area contributed by atoms with Crippen molar-refractivity contribution in [2.45, 2.75) is 6.04 Å². The van der Waals surface area contributed by atoms with Crippen molar-refractivity contribution in [1.82, 2.24) is 5.32 Å². The highest BCUT2D eigenvalue weighted by atomic mass is 19.2. The summed E-state index contributed by atoms with van der Waals surface area (Å²) in [6, 6.07) is 1.51. The van der Waals surface area contributed by atoms with E-state index in [1.807, 2.05) is 10.6 Å². The Hall–Kier alpha value is -3.07. The van der Waals surface area contributed by atoms with Crippen molar-refractivity contribution < 1.29 is 18.0 Å². The minimum absolute atomic E-state index is 0.604. The molecule has 0 aliphatic heterocycles. The molecule has 1 atom stereocenters. The maximum Gasteiger partial charge on any atom is 0.320 e. The molecular weight excluding hydrogens is 275 g/mol. The van der Waals surface area contributed by atoms with Crippen LogP contribution in [0, 0.1) is 45.5 Å². The molecule has 0 bridgehead atoms. The molecule has 1 aromatic rings. The van der Waals surface area contributed by atoms with Crippen LogP contribution in [0.1, 0.15) is 0 Å². The lowest BCUT2D eigenvalue weighted by Gasteiger charge is -2.11. The first-order valence-electron chi connectivity index (χ1n) is 4.99. The molecule has 2 amide bonds. The smallest absolute Gasteiger partial charge is 0.316 e. The van der Waals surface area contributed by atoms with Crippen molar-refractivity contribution in [3.05, 3.63) is 29.6 Å². The summed E-state index contributed by atoms with van der Waals surface area (Å²) in [7, 11) is 0. The number of hydrogen-bond donors (Lipinski definition) is 3. The van der Waals surface area contributed by atoms with Gasteiger partial charge in [-0.25, -0.2) is 18.0 Å². The van der Waals surface area contributed by atoms with E-state index in [9.17, 15) is 18.0 Å². The number of anilines is 1. The zero-order valence-corrected chi connectivity index (χ0v) is 9.67. The summed E-state index contributed by atoms with van der Waals surface area (Å²) in [5.74, 6) is -4.79. The first-order chi connectivity index (χ1) is 9.40. The molecule has 3 N–H and O–H groups in total. The van der Waals surface area contributed by atoms with E-state index in [0.29, 0.717) is 6.07 Å². The maximum absolute atomic E-state index is 13.2. The van der Waals surface area contributed by atoms with Gasteiger partial charge >= 0.3 is 6.03 Å². The Morgan fingerprint density at radius 1 is 1.25 bits per heavy atom. The predicted molar refractivity (Wildman–Crippen MR) is 61.2 cm³/mol. The van der Waals surface area contributed by atoms with E-state index in [0.717, 1.165) is 6.07 Å². The number of nitrogens with zero attached hydrogens (tertiary/aromatic N) is 2. The van der Waals surface area contributed by atoms with E-state index in [-0.39, 0.29) is 0 Å². The normalized spacial score (nSPS) is 10.8. The van der Waals surface area contributed by atoms with Crippen LogP contribution >= 0.6 is 0 Å². The Labute approximate surface area is 110 Å². The van der Waals surface area contributed by atoms with Gasteiger partial charge in [-0.3, -0.25) is 5.41 Å². The molecule has 0 spiro atoms. The molecular formula is C11H6F3N5O. The second kappa shape index (κ2) is 6.20. The van der Waals surface area contributed by atoms with Crippen molar-refractivity contribution >= 4 is 17.4 Å². The van der Waals surface area contributed by atoms with Crippen LogP contribution in [-0.4, -0.2) is 17.8 Å². The van der Waals surface area contributed by atoms with Gasteiger partial charge in [0.1, 0.15) is 11.8 Å². The molecule has 20 heavy (non-hydrogen) atoms. The van der Waals surface area contributed by atoms with Crippen molar-refractivity contribution in [3.8, 4) is 12.1 Å². The molecule has 1 unspecified atom stereocenters. The first kappa shape index (κ1) is 15.0. The van der Waals surface area contributed by atoms with Crippen LogP contribution < -0.4 is 10.6 Å².